The summed E-state index contributed by atoms with van der Waals surface area (Å²) >= 11 is 1.59. The van der Waals surface area contributed by atoms with Crippen LogP contribution in [0.1, 0.15) is 17.6 Å². The highest BCUT2D eigenvalue weighted by molar-refractivity contribution is 7.84. The molecule has 0 amide bonds. The fraction of sp³-hybridized carbons (Fsp3) is 0.625. The Labute approximate surface area is 84.8 Å². The smallest absolute Gasteiger partial charge is 0.0897 e. The van der Waals surface area contributed by atoms with E-state index in [1.54, 1.807) is 11.3 Å². The fourth-order valence-corrected chi connectivity index (χ4v) is 2.89. The van der Waals surface area contributed by atoms with Gasteiger partial charge in [0.15, 0.2) is 0 Å². The summed E-state index contributed by atoms with van der Waals surface area (Å²) < 4.78 is 11.4. The van der Waals surface area contributed by atoms with Gasteiger partial charge in [-0.2, -0.15) is 0 Å². The van der Waals surface area contributed by atoms with Crippen LogP contribution in [0.5, 0.6) is 0 Å². The summed E-state index contributed by atoms with van der Waals surface area (Å²) in [5, 5.41) is 2.97. The van der Waals surface area contributed by atoms with Crippen LogP contribution in [0.15, 0.2) is 5.38 Å². The van der Waals surface area contributed by atoms with Gasteiger partial charge < -0.3 is 5.73 Å². The third-order valence-corrected chi connectivity index (χ3v) is 3.76. The first kappa shape index (κ1) is 10.8. The Kier molecular flexibility index (Phi) is 4.02. The van der Waals surface area contributed by atoms with E-state index in [-0.39, 0.29) is 6.04 Å². The van der Waals surface area contributed by atoms with Gasteiger partial charge in [0.2, 0.25) is 0 Å². The number of rotatable bonds is 4. The average molecular weight is 218 g/mol. The molecular weight excluding hydrogens is 204 g/mol. The Balaban J connectivity index is 2.45. The quantitative estimate of drug-likeness (QED) is 0.821. The third-order valence-electron chi connectivity index (χ3n) is 1.42. The summed E-state index contributed by atoms with van der Waals surface area (Å²) in [5.41, 5.74) is 6.46. The average Bonchev–Trinajstić information content (AvgIpc) is 2.33. The summed E-state index contributed by atoms with van der Waals surface area (Å²) in [7, 11) is -0.869. The zero-order valence-electron chi connectivity index (χ0n) is 7.82. The molecule has 1 rings (SSSR count). The van der Waals surface area contributed by atoms with Crippen LogP contribution in [0.4, 0.5) is 0 Å². The monoisotopic (exact) mass is 218 g/mol. The summed E-state index contributed by atoms with van der Waals surface area (Å²) in [4.78, 5) is 4.24. The first-order chi connectivity index (χ1) is 6.08. The van der Waals surface area contributed by atoms with Gasteiger partial charge >= 0.3 is 0 Å². The number of thiazole rings is 1. The molecule has 5 heteroatoms. The van der Waals surface area contributed by atoms with Gasteiger partial charge in [0.05, 0.1) is 16.5 Å². The van der Waals surface area contributed by atoms with Crippen molar-refractivity contribution in [2.45, 2.75) is 25.6 Å². The minimum Gasteiger partial charge on any atom is -0.327 e. The van der Waals surface area contributed by atoms with E-state index in [1.165, 1.54) is 0 Å². The Hall–Kier alpha value is -0.260. The molecule has 0 radical (unpaired) electrons. The highest BCUT2D eigenvalue weighted by atomic mass is 32.2. The van der Waals surface area contributed by atoms with E-state index in [1.807, 2.05) is 19.2 Å². The normalized spacial score (nSPS) is 15.6. The van der Waals surface area contributed by atoms with Crippen molar-refractivity contribution in [2.75, 3.05) is 5.75 Å². The zero-order valence-corrected chi connectivity index (χ0v) is 9.45. The molecule has 0 spiro atoms. The molecule has 0 aliphatic heterocycles. The minimum atomic E-state index is -0.869. The largest absolute Gasteiger partial charge is 0.327 e. The number of hydrogen-bond acceptors (Lipinski definition) is 4. The topological polar surface area (TPSA) is 56.0 Å². The molecule has 1 aromatic heterocycles. The number of nitrogens with zero attached hydrogens (tertiary/aromatic N) is 1. The first-order valence-electron chi connectivity index (χ1n) is 4.09. The van der Waals surface area contributed by atoms with Crippen molar-refractivity contribution in [3.8, 4) is 0 Å². The van der Waals surface area contributed by atoms with E-state index in [9.17, 15) is 4.21 Å². The van der Waals surface area contributed by atoms with Gasteiger partial charge in [-0.1, -0.05) is 0 Å². The lowest BCUT2D eigenvalue weighted by atomic mass is 10.4. The molecule has 0 bridgehead atoms. The first-order valence-corrected chi connectivity index (χ1v) is 6.46. The van der Waals surface area contributed by atoms with Gasteiger partial charge in [0.25, 0.3) is 0 Å². The van der Waals surface area contributed by atoms with Crippen LogP contribution in [-0.4, -0.2) is 21.0 Å². The van der Waals surface area contributed by atoms with Crippen molar-refractivity contribution in [1.82, 2.24) is 4.98 Å². The van der Waals surface area contributed by atoms with Crippen molar-refractivity contribution >= 4 is 22.1 Å². The summed E-state index contributed by atoms with van der Waals surface area (Å²) in [6, 6.07) is 0.000524. The molecule has 0 saturated carbocycles. The van der Waals surface area contributed by atoms with Crippen LogP contribution < -0.4 is 5.73 Å². The van der Waals surface area contributed by atoms with E-state index in [0.29, 0.717) is 11.5 Å². The predicted octanol–water partition coefficient (Wildman–Crippen LogP) is 1.05. The Bertz CT molecular complexity index is 296. The predicted molar refractivity (Wildman–Crippen MR) is 57.2 cm³/mol. The summed E-state index contributed by atoms with van der Waals surface area (Å²) in [6.07, 6.45) is 0. The van der Waals surface area contributed by atoms with Crippen molar-refractivity contribution in [2.24, 2.45) is 5.73 Å². The third kappa shape index (κ3) is 3.97. The van der Waals surface area contributed by atoms with E-state index in [2.05, 4.69) is 4.98 Å². The second-order valence-electron chi connectivity index (χ2n) is 3.09. The second-order valence-corrected chi connectivity index (χ2v) is 5.65. The van der Waals surface area contributed by atoms with Gasteiger partial charge in [-0.3, -0.25) is 4.21 Å². The number of aromatic nitrogens is 1. The lowest BCUT2D eigenvalue weighted by Crippen LogP contribution is -2.23. The molecule has 0 saturated heterocycles. The summed E-state index contributed by atoms with van der Waals surface area (Å²) in [6.45, 7) is 3.81. The molecule has 0 fully saturated rings. The maximum atomic E-state index is 11.4. The van der Waals surface area contributed by atoms with Gasteiger partial charge in [0, 0.05) is 28.0 Å². The van der Waals surface area contributed by atoms with Crippen LogP contribution >= 0.6 is 11.3 Å². The molecule has 0 aliphatic carbocycles. The molecule has 1 heterocycles. The molecule has 3 nitrogen and oxygen atoms in total. The van der Waals surface area contributed by atoms with Crippen molar-refractivity contribution in [1.29, 1.82) is 0 Å². The lowest BCUT2D eigenvalue weighted by molar-refractivity contribution is 0.675. The van der Waals surface area contributed by atoms with Crippen LogP contribution in [0.2, 0.25) is 0 Å². The molecule has 0 aromatic carbocycles. The molecule has 13 heavy (non-hydrogen) atoms. The number of nitrogens with two attached hydrogens (primary N) is 1. The fourth-order valence-electron chi connectivity index (χ4n) is 0.992. The maximum Gasteiger partial charge on any atom is 0.0897 e. The van der Waals surface area contributed by atoms with Gasteiger partial charge in [-0.15, -0.1) is 11.3 Å². The number of hydrogen-bond donors (Lipinski definition) is 1. The molecule has 74 valence electrons. The van der Waals surface area contributed by atoms with E-state index >= 15 is 0 Å². The number of aryl methyl sites for hydroxylation is 1. The van der Waals surface area contributed by atoms with Crippen LogP contribution in [0, 0.1) is 6.92 Å². The summed E-state index contributed by atoms with van der Waals surface area (Å²) in [5.74, 6) is 1.09. The zero-order chi connectivity index (χ0) is 9.84. The van der Waals surface area contributed by atoms with E-state index < -0.39 is 10.8 Å². The molecular formula is C8H14N2OS2. The molecule has 2 unspecified atom stereocenters. The minimum absolute atomic E-state index is 0.000524. The molecule has 2 N–H and O–H groups in total. The van der Waals surface area contributed by atoms with Gasteiger partial charge in [-0.05, 0) is 13.8 Å². The molecule has 1 aromatic rings. The standard InChI is InChI=1S/C8H14N2OS2/c1-6(9)4-13(11)5-8-3-12-7(2)10-8/h3,6H,4-5,9H2,1-2H3. The Morgan fingerprint density at radius 3 is 2.92 bits per heavy atom. The van der Waals surface area contributed by atoms with Crippen LogP contribution in [0.25, 0.3) is 0 Å². The Morgan fingerprint density at radius 1 is 1.77 bits per heavy atom. The SMILES string of the molecule is Cc1nc(CS(=O)CC(C)N)cs1. The van der Waals surface area contributed by atoms with Gasteiger partial charge in [-0.25, -0.2) is 4.98 Å². The van der Waals surface area contributed by atoms with Crippen molar-refractivity contribution < 1.29 is 4.21 Å². The van der Waals surface area contributed by atoms with Gasteiger partial charge in [0.1, 0.15) is 0 Å². The van der Waals surface area contributed by atoms with Crippen molar-refractivity contribution in [3.05, 3.63) is 16.1 Å². The highest BCUT2D eigenvalue weighted by Gasteiger charge is 2.06. The molecule has 2 atom stereocenters. The van der Waals surface area contributed by atoms with Crippen LogP contribution in [0.3, 0.4) is 0 Å². The van der Waals surface area contributed by atoms with Crippen molar-refractivity contribution in [3.63, 3.8) is 0 Å². The van der Waals surface area contributed by atoms with E-state index in [0.717, 1.165) is 10.7 Å². The van der Waals surface area contributed by atoms with Crippen LogP contribution in [-0.2, 0) is 16.6 Å². The Morgan fingerprint density at radius 2 is 2.46 bits per heavy atom. The molecule has 0 aliphatic rings. The van der Waals surface area contributed by atoms with E-state index in [4.69, 9.17) is 5.73 Å². The highest BCUT2D eigenvalue weighted by Crippen LogP contribution is 2.09. The second kappa shape index (κ2) is 4.83. The lowest BCUT2D eigenvalue weighted by Gasteiger charge is -2.02. The maximum absolute atomic E-state index is 11.4.